The van der Waals surface area contributed by atoms with Crippen molar-refractivity contribution in [2.75, 3.05) is 36.1 Å². The number of fused-ring (bicyclic) bond motifs is 1. The van der Waals surface area contributed by atoms with Crippen molar-refractivity contribution in [3.8, 4) is 0 Å². The van der Waals surface area contributed by atoms with Crippen LogP contribution in [-0.4, -0.2) is 64.4 Å². The van der Waals surface area contributed by atoms with Crippen molar-refractivity contribution >= 4 is 17.5 Å². The average molecular weight is 437 g/mol. The summed E-state index contributed by atoms with van der Waals surface area (Å²) in [6.07, 6.45) is -3.31. The Hall–Kier alpha value is -2.95. The number of pyridine rings is 1. The van der Waals surface area contributed by atoms with Gasteiger partial charge in [-0.2, -0.15) is 18.2 Å². The van der Waals surface area contributed by atoms with Gasteiger partial charge >= 0.3 is 6.18 Å². The molecule has 1 fully saturated rings. The number of aromatic nitrogens is 3. The first-order valence-corrected chi connectivity index (χ1v) is 9.87. The quantitative estimate of drug-likeness (QED) is 0.676. The van der Waals surface area contributed by atoms with Gasteiger partial charge in [-0.15, -0.1) is 0 Å². The second-order valence-corrected chi connectivity index (χ2v) is 7.95. The molecular formula is C20H22F3N5O3. The highest BCUT2D eigenvalue weighted by Gasteiger charge is 2.60. The predicted octanol–water partition coefficient (Wildman–Crippen LogP) is 1.89. The Morgan fingerprint density at radius 1 is 1.35 bits per heavy atom. The lowest BCUT2D eigenvalue weighted by atomic mass is 10.0. The van der Waals surface area contributed by atoms with E-state index in [0.717, 1.165) is 16.4 Å². The van der Waals surface area contributed by atoms with Crippen LogP contribution in [0.4, 0.5) is 24.9 Å². The second-order valence-electron chi connectivity index (χ2n) is 7.95. The summed E-state index contributed by atoms with van der Waals surface area (Å²) >= 11 is 0. The van der Waals surface area contributed by atoms with E-state index in [-0.39, 0.29) is 23.5 Å². The lowest BCUT2D eigenvalue weighted by Gasteiger charge is -2.37. The van der Waals surface area contributed by atoms with Crippen molar-refractivity contribution < 1.29 is 22.7 Å². The lowest BCUT2D eigenvalue weighted by molar-refractivity contribution is -0.181. The van der Waals surface area contributed by atoms with Gasteiger partial charge in [-0.05, 0) is 26.0 Å². The Labute approximate surface area is 176 Å². The Kier molecular flexibility index (Phi) is 5.24. The molecule has 2 atom stereocenters. The molecule has 8 nitrogen and oxygen atoms in total. The van der Waals surface area contributed by atoms with Gasteiger partial charge in [0.1, 0.15) is 11.5 Å². The highest BCUT2D eigenvalue weighted by Crippen LogP contribution is 2.43. The number of Topliss-reactive ketones (excluding diaryl/α,β-unsaturated/α-hetero) is 1. The Morgan fingerprint density at radius 3 is 2.77 bits per heavy atom. The number of anilines is 2. The van der Waals surface area contributed by atoms with Gasteiger partial charge in [0.05, 0.1) is 32.3 Å². The number of morpholine rings is 1. The molecule has 0 N–H and O–H groups in total. The molecule has 0 aliphatic carbocycles. The third-order valence-corrected chi connectivity index (χ3v) is 5.80. The van der Waals surface area contributed by atoms with Crippen LogP contribution in [-0.2, 0) is 11.3 Å². The van der Waals surface area contributed by atoms with Gasteiger partial charge in [-0.1, -0.05) is 6.07 Å². The number of nitrogens with zero attached hydrogens (tertiary/aromatic N) is 5. The number of ketones is 1. The van der Waals surface area contributed by atoms with Gasteiger partial charge in [0.15, 0.2) is 11.3 Å². The molecule has 0 aromatic carbocycles. The summed E-state index contributed by atoms with van der Waals surface area (Å²) in [5, 5.41) is 0. The first kappa shape index (κ1) is 21.3. The van der Waals surface area contributed by atoms with E-state index in [1.54, 1.807) is 12.1 Å². The molecule has 31 heavy (non-hydrogen) atoms. The van der Waals surface area contributed by atoms with Crippen molar-refractivity contribution in [2.24, 2.45) is 0 Å². The molecule has 0 radical (unpaired) electrons. The van der Waals surface area contributed by atoms with Gasteiger partial charge in [0.25, 0.3) is 5.56 Å². The van der Waals surface area contributed by atoms with Gasteiger partial charge < -0.3 is 14.5 Å². The van der Waals surface area contributed by atoms with E-state index in [1.807, 2.05) is 11.8 Å². The molecule has 2 aromatic heterocycles. The molecule has 0 saturated carbocycles. The molecule has 0 bridgehead atoms. The van der Waals surface area contributed by atoms with Gasteiger partial charge in [0, 0.05) is 18.8 Å². The van der Waals surface area contributed by atoms with Crippen molar-refractivity contribution in [1.29, 1.82) is 0 Å². The SMILES string of the molecule is CC1COCCN1c1cc(=O)n2c(n1)N(CC(=O)c1ccccn1)C(C)(C(F)(F)F)C2. The third-order valence-electron chi connectivity index (χ3n) is 5.80. The third kappa shape index (κ3) is 3.67. The number of ether oxygens (including phenoxy) is 1. The van der Waals surface area contributed by atoms with Crippen LogP contribution in [0.25, 0.3) is 0 Å². The lowest BCUT2D eigenvalue weighted by Crippen LogP contribution is -2.57. The van der Waals surface area contributed by atoms with Gasteiger partial charge in [-0.3, -0.25) is 19.1 Å². The van der Waals surface area contributed by atoms with Crippen LogP contribution in [0.3, 0.4) is 0 Å². The number of alkyl halides is 3. The molecular weight excluding hydrogens is 415 g/mol. The smallest absolute Gasteiger partial charge is 0.377 e. The summed E-state index contributed by atoms with van der Waals surface area (Å²) in [7, 11) is 0. The first-order chi connectivity index (χ1) is 14.6. The normalized spacial score (nSPS) is 23.7. The summed E-state index contributed by atoms with van der Waals surface area (Å²) in [6.45, 7) is 2.90. The second kappa shape index (κ2) is 7.63. The van der Waals surface area contributed by atoms with Gasteiger partial charge in [-0.25, -0.2) is 0 Å². The van der Waals surface area contributed by atoms with Crippen LogP contribution in [0.2, 0.25) is 0 Å². The maximum atomic E-state index is 14.1. The Morgan fingerprint density at radius 2 is 2.13 bits per heavy atom. The standard InChI is InChI=1S/C20H22F3N5O3/c1-13-11-31-8-7-26(13)16-9-17(30)27-12-19(2,20(21,22)23)28(18(27)25-16)10-15(29)14-5-3-4-6-24-14/h3-6,9,13H,7-8,10-12H2,1-2H3. The Bertz CT molecular complexity index is 1040. The van der Waals surface area contributed by atoms with Crippen LogP contribution in [0.15, 0.2) is 35.3 Å². The largest absolute Gasteiger partial charge is 0.413 e. The number of hydrogen-bond acceptors (Lipinski definition) is 7. The summed E-state index contributed by atoms with van der Waals surface area (Å²) in [4.78, 5) is 36.6. The molecule has 166 valence electrons. The highest BCUT2D eigenvalue weighted by atomic mass is 19.4. The van der Waals surface area contributed by atoms with Crippen molar-refractivity contribution in [3.05, 3.63) is 46.5 Å². The molecule has 2 aliphatic heterocycles. The maximum absolute atomic E-state index is 14.1. The first-order valence-electron chi connectivity index (χ1n) is 9.87. The molecule has 2 aromatic rings. The topological polar surface area (TPSA) is 80.6 Å². The van der Waals surface area contributed by atoms with E-state index in [0.29, 0.717) is 19.8 Å². The van der Waals surface area contributed by atoms with E-state index in [2.05, 4.69) is 9.97 Å². The number of hydrogen-bond donors (Lipinski definition) is 0. The highest BCUT2D eigenvalue weighted by molar-refractivity contribution is 5.97. The molecule has 0 spiro atoms. The monoisotopic (exact) mass is 437 g/mol. The molecule has 0 amide bonds. The maximum Gasteiger partial charge on any atom is 0.413 e. The minimum Gasteiger partial charge on any atom is -0.377 e. The van der Waals surface area contributed by atoms with E-state index < -0.39 is 36.1 Å². The van der Waals surface area contributed by atoms with Crippen molar-refractivity contribution in [1.82, 2.24) is 14.5 Å². The fraction of sp³-hybridized carbons (Fsp3) is 0.500. The molecule has 2 unspecified atom stereocenters. The van der Waals surface area contributed by atoms with E-state index in [1.165, 1.54) is 18.3 Å². The molecule has 2 aliphatic rings. The minimum atomic E-state index is -4.70. The molecule has 4 heterocycles. The van der Waals surface area contributed by atoms with E-state index in [9.17, 15) is 22.8 Å². The summed E-state index contributed by atoms with van der Waals surface area (Å²) < 4.78 is 48.7. The zero-order chi connectivity index (χ0) is 22.4. The van der Waals surface area contributed by atoms with E-state index in [4.69, 9.17) is 4.74 Å². The van der Waals surface area contributed by atoms with Crippen LogP contribution in [0.1, 0.15) is 24.3 Å². The fourth-order valence-electron chi connectivity index (χ4n) is 3.91. The summed E-state index contributed by atoms with van der Waals surface area (Å²) in [5.74, 6) is -0.497. The van der Waals surface area contributed by atoms with Crippen molar-refractivity contribution in [3.63, 3.8) is 0 Å². The molecule has 11 heteroatoms. The Balaban J connectivity index is 1.78. The average Bonchev–Trinajstić information content (AvgIpc) is 3.02. The van der Waals surface area contributed by atoms with Crippen molar-refractivity contribution in [2.45, 2.75) is 38.1 Å². The fourth-order valence-corrected chi connectivity index (χ4v) is 3.91. The zero-order valence-electron chi connectivity index (χ0n) is 17.1. The number of halogens is 3. The number of rotatable bonds is 4. The number of carbonyl (C=O) groups excluding carboxylic acids is 1. The molecule has 1 saturated heterocycles. The predicted molar refractivity (Wildman–Crippen MR) is 106 cm³/mol. The van der Waals surface area contributed by atoms with Crippen LogP contribution < -0.4 is 15.4 Å². The van der Waals surface area contributed by atoms with Crippen LogP contribution in [0, 0.1) is 0 Å². The number of carbonyl (C=O) groups is 1. The van der Waals surface area contributed by atoms with E-state index >= 15 is 0 Å². The minimum absolute atomic E-state index is 0.0470. The summed E-state index contributed by atoms with van der Waals surface area (Å²) in [5.41, 5.74) is -3.01. The zero-order valence-corrected chi connectivity index (χ0v) is 17.1. The molecule has 4 rings (SSSR count). The van der Waals surface area contributed by atoms with Gasteiger partial charge in [0.2, 0.25) is 5.95 Å². The summed E-state index contributed by atoms with van der Waals surface area (Å²) in [6, 6.07) is 5.78. The van der Waals surface area contributed by atoms with Crippen LogP contribution >= 0.6 is 0 Å². The van der Waals surface area contributed by atoms with Crippen LogP contribution in [0.5, 0.6) is 0 Å².